The summed E-state index contributed by atoms with van der Waals surface area (Å²) in [6.07, 6.45) is 1.61. The number of hydrogen-bond donors (Lipinski definition) is 2. The fourth-order valence-electron chi connectivity index (χ4n) is 1.81. The van der Waals surface area contributed by atoms with Crippen molar-refractivity contribution in [2.75, 3.05) is 0 Å². The van der Waals surface area contributed by atoms with Gasteiger partial charge in [-0.05, 0) is 25.5 Å². The number of rotatable bonds is 5. The molecule has 2 N–H and O–H groups in total. The molecule has 2 aromatic rings. The van der Waals surface area contributed by atoms with E-state index < -0.39 is 10.0 Å². The van der Waals surface area contributed by atoms with Gasteiger partial charge in [-0.15, -0.1) is 0 Å². The molecule has 2 rings (SSSR count). The van der Waals surface area contributed by atoms with Crippen LogP contribution in [-0.2, 0) is 23.2 Å². The number of aromatic nitrogens is 1. The van der Waals surface area contributed by atoms with Gasteiger partial charge < -0.3 is 9.52 Å². The SMILES string of the molecule is Cc1cccnc1CNS(=O)(=O)c1cc(CO)oc1C. The van der Waals surface area contributed by atoms with E-state index >= 15 is 0 Å². The zero-order valence-electron chi connectivity index (χ0n) is 11.3. The molecule has 0 fully saturated rings. The number of pyridine rings is 1. The molecule has 0 aliphatic carbocycles. The highest BCUT2D eigenvalue weighted by molar-refractivity contribution is 7.89. The van der Waals surface area contributed by atoms with E-state index in [9.17, 15) is 8.42 Å². The molecule has 20 heavy (non-hydrogen) atoms. The number of aliphatic hydroxyl groups is 1. The summed E-state index contributed by atoms with van der Waals surface area (Å²) in [5.41, 5.74) is 1.58. The van der Waals surface area contributed by atoms with Gasteiger partial charge in [0.15, 0.2) is 0 Å². The zero-order chi connectivity index (χ0) is 14.8. The van der Waals surface area contributed by atoms with E-state index in [0.717, 1.165) is 5.56 Å². The van der Waals surface area contributed by atoms with Crippen LogP contribution in [0.3, 0.4) is 0 Å². The molecular formula is C13H16N2O4S. The average molecular weight is 296 g/mol. The third-order valence-corrected chi connectivity index (χ3v) is 4.42. The van der Waals surface area contributed by atoms with E-state index in [-0.39, 0.29) is 29.6 Å². The van der Waals surface area contributed by atoms with Gasteiger partial charge in [-0.3, -0.25) is 4.98 Å². The minimum absolute atomic E-state index is 0.0372. The van der Waals surface area contributed by atoms with Crippen LogP contribution in [0, 0.1) is 13.8 Å². The van der Waals surface area contributed by atoms with Crippen molar-refractivity contribution < 1.29 is 17.9 Å². The molecule has 0 unspecified atom stereocenters. The van der Waals surface area contributed by atoms with Crippen LogP contribution in [0.15, 0.2) is 33.7 Å². The van der Waals surface area contributed by atoms with Crippen molar-refractivity contribution in [3.8, 4) is 0 Å². The smallest absolute Gasteiger partial charge is 0.244 e. The molecule has 0 bridgehead atoms. The Morgan fingerprint density at radius 1 is 1.40 bits per heavy atom. The zero-order valence-corrected chi connectivity index (χ0v) is 12.1. The Morgan fingerprint density at radius 2 is 2.15 bits per heavy atom. The molecular weight excluding hydrogens is 280 g/mol. The number of furan rings is 1. The maximum atomic E-state index is 12.2. The van der Waals surface area contributed by atoms with Crippen LogP contribution in [0.4, 0.5) is 0 Å². The fraction of sp³-hybridized carbons (Fsp3) is 0.308. The minimum Gasteiger partial charge on any atom is -0.462 e. The molecule has 0 atom stereocenters. The normalized spacial score (nSPS) is 11.8. The number of aryl methyl sites for hydroxylation is 2. The van der Waals surface area contributed by atoms with Crippen molar-refractivity contribution in [2.24, 2.45) is 0 Å². The summed E-state index contributed by atoms with van der Waals surface area (Å²) in [4.78, 5) is 4.17. The molecule has 0 saturated carbocycles. The fourth-order valence-corrected chi connectivity index (χ4v) is 3.00. The molecule has 7 heteroatoms. The Hall–Kier alpha value is -1.70. The summed E-state index contributed by atoms with van der Waals surface area (Å²) >= 11 is 0. The van der Waals surface area contributed by atoms with Gasteiger partial charge in [-0.25, -0.2) is 13.1 Å². The van der Waals surface area contributed by atoms with Crippen molar-refractivity contribution in [3.63, 3.8) is 0 Å². The van der Waals surface area contributed by atoms with Gasteiger partial charge in [0.1, 0.15) is 23.0 Å². The Labute approximate surface area is 117 Å². The van der Waals surface area contributed by atoms with Crippen molar-refractivity contribution in [1.29, 1.82) is 0 Å². The summed E-state index contributed by atoms with van der Waals surface area (Å²) in [7, 11) is -3.69. The van der Waals surface area contributed by atoms with E-state index in [4.69, 9.17) is 9.52 Å². The number of sulfonamides is 1. The van der Waals surface area contributed by atoms with Crippen LogP contribution in [-0.4, -0.2) is 18.5 Å². The molecule has 2 aromatic heterocycles. The standard InChI is InChI=1S/C13H16N2O4S/c1-9-4-3-5-14-12(9)7-15-20(17,18)13-6-11(8-16)19-10(13)2/h3-6,15-16H,7-8H2,1-2H3. The maximum Gasteiger partial charge on any atom is 0.244 e. The topological polar surface area (TPSA) is 92.4 Å². The summed E-state index contributed by atoms with van der Waals surface area (Å²) in [5, 5.41) is 8.97. The Bertz CT molecular complexity index is 707. The van der Waals surface area contributed by atoms with Crippen LogP contribution in [0.5, 0.6) is 0 Å². The first-order valence-electron chi connectivity index (χ1n) is 6.04. The molecule has 108 valence electrons. The highest BCUT2D eigenvalue weighted by Crippen LogP contribution is 2.20. The van der Waals surface area contributed by atoms with E-state index in [1.165, 1.54) is 6.07 Å². The molecule has 0 aliphatic rings. The summed E-state index contributed by atoms with van der Waals surface area (Å²) in [6.45, 7) is 3.17. The highest BCUT2D eigenvalue weighted by atomic mass is 32.2. The van der Waals surface area contributed by atoms with Crippen LogP contribution < -0.4 is 4.72 Å². The second-order valence-corrected chi connectivity index (χ2v) is 6.12. The maximum absolute atomic E-state index is 12.2. The highest BCUT2D eigenvalue weighted by Gasteiger charge is 2.21. The van der Waals surface area contributed by atoms with Crippen LogP contribution in [0.2, 0.25) is 0 Å². The number of hydrogen-bond acceptors (Lipinski definition) is 5. The number of nitrogens with zero attached hydrogens (tertiary/aromatic N) is 1. The van der Waals surface area contributed by atoms with Gasteiger partial charge in [-0.2, -0.15) is 0 Å². The van der Waals surface area contributed by atoms with E-state index in [0.29, 0.717) is 5.69 Å². The van der Waals surface area contributed by atoms with Crippen LogP contribution in [0.1, 0.15) is 22.8 Å². The summed E-state index contributed by atoms with van der Waals surface area (Å²) < 4.78 is 32.0. The average Bonchev–Trinajstić information content (AvgIpc) is 2.80. The molecule has 6 nitrogen and oxygen atoms in total. The summed E-state index contributed by atoms with van der Waals surface area (Å²) in [5.74, 6) is 0.469. The largest absolute Gasteiger partial charge is 0.462 e. The monoisotopic (exact) mass is 296 g/mol. The molecule has 2 heterocycles. The first-order valence-corrected chi connectivity index (χ1v) is 7.52. The molecule has 0 amide bonds. The van der Waals surface area contributed by atoms with Crippen LogP contribution in [0.25, 0.3) is 0 Å². The van der Waals surface area contributed by atoms with E-state index in [1.54, 1.807) is 19.2 Å². The van der Waals surface area contributed by atoms with E-state index in [2.05, 4.69) is 9.71 Å². The molecule has 0 spiro atoms. The molecule has 0 aromatic carbocycles. The predicted octanol–water partition coefficient (Wildman–Crippen LogP) is 1.26. The van der Waals surface area contributed by atoms with Gasteiger partial charge in [0.05, 0.1) is 12.2 Å². The summed E-state index contributed by atoms with van der Waals surface area (Å²) in [6, 6.07) is 4.98. The predicted molar refractivity (Wildman–Crippen MR) is 72.4 cm³/mol. The third-order valence-electron chi connectivity index (χ3n) is 2.92. The van der Waals surface area contributed by atoms with Crippen LogP contribution >= 0.6 is 0 Å². The van der Waals surface area contributed by atoms with Crippen molar-refractivity contribution >= 4 is 10.0 Å². The Morgan fingerprint density at radius 3 is 2.75 bits per heavy atom. The van der Waals surface area contributed by atoms with Gasteiger partial charge >= 0.3 is 0 Å². The van der Waals surface area contributed by atoms with Gasteiger partial charge in [0.25, 0.3) is 0 Å². The number of nitrogens with one attached hydrogen (secondary N) is 1. The Balaban J connectivity index is 2.19. The van der Waals surface area contributed by atoms with Gasteiger partial charge in [0, 0.05) is 12.3 Å². The lowest BCUT2D eigenvalue weighted by atomic mass is 10.2. The van der Waals surface area contributed by atoms with Gasteiger partial charge in [-0.1, -0.05) is 6.07 Å². The van der Waals surface area contributed by atoms with Gasteiger partial charge in [0.2, 0.25) is 10.0 Å². The number of aliphatic hydroxyl groups excluding tert-OH is 1. The minimum atomic E-state index is -3.69. The Kier molecular flexibility index (Phi) is 4.22. The first kappa shape index (κ1) is 14.7. The quantitative estimate of drug-likeness (QED) is 0.866. The van der Waals surface area contributed by atoms with Crippen molar-refractivity contribution in [2.45, 2.75) is 31.9 Å². The lowest BCUT2D eigenvalue weighted by Crippen LogP contribution is -2.24. The lowest BCUT2D eigenvalue weighted by Gasteiger charge is -2.07. The first-order chi connectivity index (χ1) is 9.44. The second-order valence-electron chi connectivity index (χ2n) is 4.38. The van der Waals surface area contributed by atoms with E-state index in [1.807, 2.05) is 13.0 Å². The van der Waals surface area contributed by atoms with Crippen molar-refractivity contribution in [3.05, 3.63) is 47.2 Å². The molecule has 0 aliphatic heterocycles. The molecule has 0 radical (unpaired) electrons. The lowest BCUT2D eigenvalue weighted by molar-refractivity contribution is 0.244. The third kappa shape index (κ3) is 3.06. The van der Waals surface area contributed by atoms with Crippen molar-refractivity contribution in [1.82, 2.24) is 9.71 Å². The molecule has 0 saturated heterocycles. The second kappa shape index (κ2) is 5.74.